The first-order valence-electron chi connectivity index (χ1n) is 6.03. The molecular formula is C15H14N4O. The van der Waals surface area contributed by atoms with Crippen molar-refractivity contribution < 1.29 is 4.79 Å². The highest BCUT2D eigenvalue weighted by molar-refractivity contribution is 6.08. The Labute approximate surface area is 117 Å². The molecule has 0 saturated heterocycles. The number of aryl methyl sites for hydroxylation is 1. The van der Waals surface area contributed by atoms with Crippen molar-refractivity contribution in [3.63, 3.8) is 0 Å². The lowest BCUT2D eigenvalue weighted by atomic mass is 10.1. The summed E-state index contributed by atoms with van der Waals surface area (Å²) in [5.41, 5.74) is 5.35. The number of hydrazine groups is 1. The number of nitrogens with two attached hydrogens (primary N) is 1. The first-order valence-corrected chi connectivity index (χ1v) is 6.03. The maximum absolute atomic E-state index is 12.3. The molecule has 0 fully saturated rings. The third-order valence-corrected chi connectivity index (χ3v) is 2.87. The van der Waals surface area contributed by atoms with Gasteiger partial charge < -0.3 is 10.7 Å². The van der Waals surface area contributed by atoms with Crippen molar-refractivity contribution in [2.75, 3.05) is 10.7 Å². The molecule has 0 spiro atoms. The van der Waals surface area contributed by atoms with Crippen molar-refractivity contribution in [1.29, 1.82) is 5.26 Å². The maximum Gasteiger partial charge on any atom is 0.257 e. The molecule has 0 bridgehead atoms. The molecular weight excluding hydrogens is 252 g/mol. The summed E-state index contributed by atoms with van der Waals surface area (Å²) in [6.07, 6.45) is 0. The van der Waals surface area contributed by atoms with Crippen molar-refractivity contribution in [3.8, 4) is 6.07 Å². The molecule has 0 aliphatic heterocycles. The second kappa shape index (κ2) is 5.87. The molecule has 0 aromatic heterocycles. The molecule has 2 rings (SSSR count). The summed E-state index contributed by atoms with van der Waals surface area (Å²) in [6.45, 7) is 1.91. The molecule has 0 saturated carbocycles. The van der Waals surface area contributed by atoms with Crippen LogP contribution in [0.5, 0.6) is 0 Å². The Hall–Kier alpha value is -2.84. The maximum atomic E-state index is 12.3. The summed E-state index contributed by atoms with van der Waals surface area (Å²) < 4.78 is 0. The predicted octanol–water partition coefficient (Wildman–Crippen LogP) is 2.40. The van der Waals surface area contributed by atoms with Gasteiger partial charge >= 0.3 is 0 Å². The fraction of sp³-hybridized carbons (Fsp3) is 0.0667. The van der Waals surface area contributed by atoms with Crippen LogP contribution in [-0.2, 0) is 0 Å². The van der Waals surface area contributed by atoms with Crippen LogP contribution in [0.2, 0.25) is 0 Å². The number of nitrogens with one attached hydrogen (secondary N) is 2. The highest BCUT2D eigenvalue weighted by Gasteiger charge is 2.12. The van der Waals surface area contributed by atoms with Crippen molar-refractivity contribution in [2.24, 2.45) is 5.84 Å². The SMILES string of the molecule is Cc1ccc(C(=O)Nc2ccccc2C#N)c(NN)c1. The minimum Gasteiger partial charge on any atom is -0.323 e. The van der Waals surface area contributed by atoms with Gasteiger partial charge in [-0.1, -0.05) is 18.2 Å². The lowest BCUT2D eigenvalue weighted by molar-refractivity contribution is 0.102. The van der Waals surface area contributed by atoms with Gasteiger partial charge in [0, 0.05) is 0 Å². The van der Waals surface area contributed by atoms with Crippen LogP contribution < -0.4 is 16.6 Å². The lowest BCUT2D eigenvalue weighted by Crippen LogP contribution is -2.17. The van der Waals surface area contributed by atoms with Crippen LogP contribution in [0.3, 0.4) is 0 Å². The van der Waals surface area contributed by atoms with Crippen molar-refractivity contribution in [1.82, 2.24) is 0 Å². The van der Waals surface area contributed by atoms with Gasteiger partial charge in [0.2, 0.25) is 0 Å². The largest absolute Gasteiger partial charge is 0.323 e. The quantitative estimate of drug-likeness (QED) is 0.587. The van der Waals surface area contributed by atoms with Crippen LogP contribution in [0, 0.1) is 18.3 Å². The molecule has 5 nitrogen and oxygen atoms in total. The first kappa shape index (κ1) is 13.6. The van der Waals surface area contributed by atoms with Crippen LogP contribution in [0.1, 0.15) is 21.5 Å². The van der Waals surface area contributed by atoms with Crippen LogP contribution in [-0.4, -0.2) is 5.91 Å². The Morgan fingerprint density at radius 1 is 1.20 bits per heavy atom. The number of hydrogen-bond acceptors (Lipinski definition) is 4. The van der Waals surface area contributed by atoms with E-state index in [1.165, 1.54) is 0 Å². The number of benzene rings is 2. The standard InChI is InChI=1S/C15H14N4O/c1-10-6-7-12(14(8-10)19-17)15(20)18-13-5-3-2-4-11(13)9-16/h2-8,19H,17H2,1H3,(H,18,20). The highest BCUT2D eigenvalue weighted by Crippen LogP contribution is 2.20. The minimum atomic E-state index is -0.319. The number of rotatable bonds is 3. The van der Waals surface area contributed by atoms with Crippen molar-refractivity contribution in [2.45, 2.75) is 6.92 Å². The van der Waals surface area contributed by atoms with Gasteiger partial charge in [0.25, 0.3) is 5.91 Å². The molecule has 1 amide bonds. The average molecular weight is 266 g/mol. The van der Waals surface area contributed by atoms with Gasteiger partial charge in [-0.3, -0.25) is 10.6 Å². The topological polar surface area (TPSA) is 90.9 Å². The number of nitrogens with zero attached hydrogens (tertiary/aromatic N) is 1. The van der Waals surface area contributed by atoms with Gasteiger partial charge in [0.15, 0.2) is 0 Å². The van der Waals surface area contributed by atoms with Crippen LogP contribution in [0.15, 0.2) is 42.5 Å². The fourth-order valence-corrected chi connectivity index (χ4v) is 1.85. The number of anilines is 2. The normalized spacial score (nSPS) is 9.65. The van der Waals surface area contributed by atoms with E-state index < -0.39 is 0 Å². The second-order valence-corrected chi connectivity index (χ2v) is 4.30. The van der Waals surface area contributed by atoms with E-state index in [9.17, 15) is 4.79 Å². The molecule has 5 heteroatoms. The summed E-state index contributed by atoms with van der Waals surface area (Å²) in [5, 5.41) is 11.7. The smallest absolute Gasteiger partial charge is 0.257 e. The summed E-state index contributed by atoms with van der Waals surface area (Å²) in [4.78, 5) is 12.3. The summed E-state index contributed by atoms with van der Waals surface area (Å²) >= 11 is 0. The number of amides is 1. The zero-order valence-electron chi connectivity index (χ0n) is 11.0. The third kappa shape index (κ3) is 2.76. The zero-order valence-corrected chi connectivity index (χ0v) is 11.0. The monoisotopic (exact) mass is 266 g/mol. The van der Waals surface area contributed by atoms with E-state index in [0.717, 1.165) is 5.56 Å². The fourth-order valence-electron chi connectivity index (χ4n) is 1.85. The molecule has 2 aromatic rings. The van der Waals surface area contributed by atoms with Crippen molar-refractivity contribution in [3.05, 3.63) is 59.2 Å². The highest BCUT2D eigenvalue weighted by atomic mass is 16.1. The molecule has 0 atom stereocenters. The van der Waals surface area contributed by atoms with E-state index in [1.807, 2.05) is 19.1 Å². The van der Waals surface area contributed by atoms with Gasteiger partial charge in [-0.05, 0) is 36.8 Å². The van der Waals surface area contributed by atoms with Crippen LogP contribution in [0.4, 0.5) is 11.4 Å². The molecule has 0 aliphatic rings. The summed E-state index contributed by atoms with van der Waals surface area (Å²) in [5.74, 6) is 5.11. The van der Waals surface area contributed by atoms with Gasteiger partial charge in [-0.2, -0.15) is 5.26 Å². The van der Waals surface area contributed by atoms with Crippen LogP contribution >= 0.6 is 0 Å². The number of nitriles is 1. The average Bonchev–Trinajstić information content (AvgIpc) is 2.47. The van der Waals surface area contributed by atoms with Gasteiger partial charge in [0.05, 0.1) is 22.5 Å². The number of nitrogen functional groups attached to an aromatic ring is 1. The Morgan fingerprint density at radius 2 is 1.95 bits per heavy atom. The molecule has 0 radical (unpaired) electrons. The zero-order chi connectivity index (χ0) is 14.5. The summed E-state index contributed by atoms with van der Waals surface area (Å²) in [7, 11) is 0. The molecule has 0 heterocycles. The van der Waals surface area contributed by atoms with E-state index in [4.69, 9.17) is 11.1 Å². The molecule has 4 N–H and O–H groups in total. The minimum absolute atomic E-state index is 0.319. The van der Waals surface area contributed by atoms with E-state index >= 15 is 0 Å². The van der Waals surface area contributed by atoms with E-state index in [0.29, 0.717) is 22.5 Å². The van der Waals surface area contributed by atoms with Gasteiger partial charge in [0.1, 0.15) is 6.07 Å². The first-order chi connectivity index (χ1) is 9.65. The lowest BCUT2D eigenvalue weighted by Gasteiger charge is -2.11. The van der Waals surface area contributed by atoms with Gasteiger partial charge in [-0.25, -0.2) is 0 Å². The Balaban J connectivity index is 2.31. The second-order valence-electron chi connectivity index (χ2n) is 4.30. The Morgan fingerprint density at radius 3 is 2.65 bits per heavy atom. The van der Waals surface area contributed by atoms with Gasteiger partial charge in [-0.15, -0.1) is 0 Å². The molecule has 20 heavy (non-hydrogen) atoms. The van der Waals surface area contributed by atoms with E-state index in [-0.39, 0.29) is 5.91 Å². The van der Waals surface area contributed by atoms with Crippen LogP contribution in [0.25, 0.3) is 0 Å². The Bertz CT molecular complexity index is 689. The molecule has 2 aromatic carbocycles. The van der Waals surface area contributed by atoms with E-state index in [1.54, 1.807) is 36.4 Å². The molecule has 0 unspecified atom stereocenters. The number of para-hydroxylation sites is 1. The van der Waals surface area contributed by atoms with Crippen molar-refractivity contribution >= 4 is 17.3 Å². The number of carbonyl (C=O) groups is 1. The third-order valence-electron chi connectivity index (χ3n) is 2.87. The molecule has 100 valence electrons. The molecule has 0 aliphatic carbocycles. The number of carbonyl (C=O) groups excluding carboxylic acids is 1. The van der Waals surface area contributed by atoms with E-state index in [2.05, 4.69) is 10.7 Å². The predicted molar refractivity (Wildman–Crippen MR) is 78.1 cm³/mol. The summed E-state index contributed by atoms with van der Waals surface area (Å²) in [6, 6.07) is 14.2. The Kier molecular flexibility index (Phi) is 3.99. The number of hydrogen-bond donors (Lipinski definition) is 3.